The van der Waals surface area contributed by atoms with Crippen LogP contribution in [0.3, 0.4) is 0 Å². The lowest BCUT2D eigenvalue weighted by Crippen LogP contribution is -3.06. The average molecular weight is 371 g/mol. The van der Waals surface area contributed by atoms with Gasteiger partial charge in [-0.1, -0.05) is 6.07 Å². The number of nitrogens with zero attached hydrogens (tertiary/aromatic N) is 1. The quantitative estimate of drug-likeness (QED) is 0.745. The van der Waals surface area contributed by atoms with Gasteiger partial charge < -0.3 is 15.1 Å². The fourth-order valence-corrected chi connectivity index (χ4v) is 4.92. The third-order valence-corrected chi connectivity index (χ3v) is 6.61. The van der Waals surface area contributed by atoms with Crippen LogP contribution < -0.4 is 10.2 Å². The Bertz CT molecular complexity index is 702. The fraction of sp³-hybridized carbons (Fsp3) is 0.588. The molecular weight excluding hydrogens is 342 g/mol. The molecule has 0 saturated carbocycles. The monoisotopic (exact) mass is 370 g/mol. The molecule has 1 aliphatic heterocycles. The number of rotatable bonds is 5. The van der Waals surface area contributed by atoms with Crippen LogP contribution in [0.1, 0.15) is 17.5 Å². The molecule has 1 aliphatic rings. The summed E-state index contributed by atoms with van der Waals surface area (Å²) < 4.78 is 23.7. The van der Waals surface area contributed by atoms with Gasteiger partial charge in [-0.05, 0) is 55.7 Å². The van der Waals surface area contributed by atoms with E-state index in [9.17, 15) is 8.42 Å². The van der Waals surface area contributed by atoms with Crippen LogP contribution in [0.15, 0.2) is 18.2 Å². The van der Waals surface area contributed by atoms with Crippen LogP contribution in [0.2, 0.25) is 0 Å². The van der Waals surface area contributed by atoms with E-state index in [4.69, 9.17) is 12.2 Å². The lowest BCUT2D eigenvalue weighted by molar-refractivity contribution is -0.857. The number of hydrogen-bond acceptors (Lipinski definition) is 3. The Morgan fingerprint density at radius 2 is 2.04 bits per heavy atom. The Hall–Kier alpha value is -1.18. The van der Waals surface area contributed by atoms with Crippen LogP contribution in [0.5, 0.6) is 0 Å². The van der Waals surface area contributed by atoms with Gasteiger partial charge in [0.05, 0.1) is 38.7 Å². The summed E-state index contributed by atoms with van der Waals surface area (Å²) in [5.41, 5.74) is 3.39. The van der Waals surface area contributed by atoms with Crippen LogP contribution in [0.4, 0.5) is 5.69 Å². The van der Waals surface area contributed by atoms with E-state index in [2.05, 4.69) is 50.3 Å². The van der Waals surface area contributed by atoms with E-state index in [1.54, 1.807) is 0 Å². The standard InChI is InChI=1S/C17H27N3O2S2/c1-13-5-6-15(11-14(13)2)18-17(23)20(9-8-19(3)4)16-7-10-24(21,22)12-16/h5-6,11,16H,7-10,12H2,1-4H3,(H,18,23)/p+1/t16-/m1/s1. The van der Waals surface area contributed by atoms with E-state index < -0.39 is 9.84 Å². The molecule has 1 aromatic carbocycles. The molecule has 0 radical (unpaired) electrons. The predicted molar refractivity (Wildman–Crippen MR) is 104 cm³/mol. The molecule has 0 aromatic heterocycles. The van der Waals surface area contributed by atoms with Crippen molar-refractivity contribution in [1.29, 1.82) is 0 Å². The molecule has 2 N–H and O–H groups in total. The molecule has 2 rings (SSSR count). The molecule has 1 atom stereocenters. The number of nitrogens with one attached hydrogen (secondary N) is 2. The number of hydrogen-bond donors (Lipinski definition) is 2. The van der Waals surface area contributed by atoms with E-state index in [0.29, 0.717) is 11.5 Å². The molecule has 1 saturated heterocycles. The molecule has 0 unspecified atom stereocenters. The number of sulfone groups is 1. The first-order valence-corrected chi connectivity index (χ1v) is 10.6. The minimum atomic E-state index is -2.93. The molecule has 1 heterocycles. The number of thiocarbonyl (C=S) groups is 1. The number of likely N-dealkylation sites (N-methyl/N-ethyl adjacent to an activating group) is 1. The highest BCUT2D eigenvalue weighted by molar-refractivity contribution is 7.91. The predicted octanol–water partition coefficient (Wildman–Crippen LogP) is 0.634. The summed E-state index contributed by atoms with van der Waals surface area (Å²) in [7, 11) is 1.24. The number of quaternary nitrogens is 1. The van der Waals surface area contributed by atoms with Crippen molar-refractivity contribution in [2.45, 2.75) is 26.3 Å². The number of aryl methyl sites for hydroxylation is 2. The maximum atomic E-state index is 11.9. The van der Waals surface area contributed by atoms with Gasteiger partial charge in [0.15, 0.2) is 14.9 Å². The van der Waals surface area contributed by atoms with Gasteiger partial charge >= 0.3 is 0 Å². The van der Waals surface area contributed by atoms with Gasteiger partial charge in [-0.25, -0.2) is 8.42 Å². The molecule has 1 fully saturated rings. The van der Waals surface area contributed by atoms with E-state index in [1.807, 2.05) is 6.07 Å². The summed E-state index contributed by atoms with van der Waals surface area (Å²) in [6, 6.07) is 6.12. The first-order valence-electron chi connectivity index (χ1n) is 8.32. The largest absolute Gasteiger partial charge is 0.339 e. The Balaban J connectivity index is 2.12. The summed E-state index contributed by atoms with van der Waals surface area (Å²) >= 11 is 5.61. The molecule has 134 valence electrons. The lowest BCUT2D eigenvalue weighted by atomic mass is 10.1. The second kappa shape index (κ2) is 7.80. The summed E-state index contributed by atoms with van der Waals surface area (Å²) in [6.45, 7) is 5.80. The number of anilines is 1. The topological polar surface area (TPSA) is 53.9 Å². The second-order valence-electron chi connectivity index (χ2n) is 6.94. The zero-order valence-corrected chi connectivity index (χ0v) is 16.6. The van der Waals surface area contributed by atoms with E-state index >= 15 is 0 Å². The molecule has 5 nitrogen and oxygen atoms in total. The minimum Gasteiger partial charge on any atom is -0.339 e. The summed E-state index contributed by atoms with van der Waals surface area (Å²) in [4.78, 5) is 3.37. The van der Waals surface area contributed by atoms with Crippen LogP contribution in [-0.4, -0.2) is 63.2 Å². The molecule has 0 amide bonds. The maximum Gasteiger partial charge on any atom is 0.173 e. The van der Waals surface area contributed by atoms with Crippen LogP contribution in [0.25, 0.3) is 0 Å². The summed E-state index contributed by atoms with van der Waals surface area (Å²) in [5.74, 6) is 0.458. The zero-order valence-electron chi connectivity index (χ0n) is 14.9. The first-order chi connectivity index (χ1) is 11.2. The van der Waals surface area contributed by atoms with Crippen molar-refractivity contribution in [1.82, 2.24) is 4.90 Å². The van der Waals surface area contributed by atoms with Gasteiger partial charge in [0.1, 0.15) is 0 Å². The summed E-state index contributed by atoms with van der Waals surface area (Å²) in [6.07, 6.45) is 0.653. The first kappa shape index (κ1) is 19.1. The highest BCUT2D eigenvalue weighted by Gasteiger charge is 2.33. The van der Waals surface area contributed by atoms with Crippen LogP contribution in [-0.2, 0) is 9.84 Å². The molecule has 0 aliphatic carbocycles. The van der Waals surface area contributed by atoms with Crippen molar-refractivity contribution in [3.8, 4) is 0 Å². The van der Waals surface area contributed by atoms with Crippen LogP contribution in [0, 0.1) is 13.8 Å². The van der Waals surface area contributed by atoms with Crippen molar-refractivity contribution in [2.24, 2.45) is 0 Å². The SMILES string of the molecule is Cc1ccc(NC(=S)N(CC[NH+](C)C)[C@@H]2CCS(=O)(=O)C2)cc1C. The maximum absolute atomic E-state index is 11.9. The van der Waals surface area contributed by atoms with Gasteiger partial charge in [0, 0.05) is 11.7 Å². The summed E-state index contributed by atoms with van der Waals surface area (Å²) in [5, 5.41) is 3.90. The highest BCUT2D eigenvalue weighted by atomic mass is 32.2. The normalized spacial score (nSPS) is 19.5. The average Bonchev–Trinajstić information content (AvgIpc) is 2.83. The number of benzene rings is 1. The molecular formula is C17H28N3O2S2+. The third kappa shape index (κ3) is 5.16. The zero-order chi connectivity index (χ0) is 17.9. The van der Waals surface area contributed by atoms with Gasteiger partial charge in [0.2, 0.25) is 0 Å². The highest BCUT2D eigenvalue weighted by Crippen LogP contribution is 2.20. The van der Waals surface area contributed by atoms with Gasteiger partial charge in [-0.2, -0.15) is 0 Å². The third-order valence-electron chi connectivity index (χ3n) is 4.52. The second-order valence-corrected chi connectivity index (χ2v) is 9.55. The van der Waals surface area contributed by atoms with Crippen molar-refractivity contribution in [2.75, 3.05) is 44.0 Å². The van der Waals surface area contributed by atoms with Crippen molar-refractivity contribution < 1.29 is 13.3 Å². The Morgan fingerprint density at radius 3 is 2.58 bits per heavy atom. The van der Waals surface area contributed by atoms with Gasteiger partial charge in [-0.15, -0.1) is 0 Å². The van der Waals surface area contributed by atoms with Gasteiger partial charge in [0.25, 0.3) is 0 Å². The molecule has 1 aromatic rings. The Morgan fingerprint density at radius 1 is 1.33 bits per heavy atom. The Labute approximate surface area is 150 Å². The van der Waals surface area contributed by atoms with Crippen molar-refractivity contribution in [3.63, 3.8) is 0 Å². The molecule has 7 heteroatoms. The van der Waals surface area contributed by atoms with Crippen molar-refractivity contribution >= 4 is 32.9 Å². The smallest absolute Gasteiger partial charge is 0.173 e. The van der Waals surface area contributed by atoms with E-state index in [-0.39, 0.29) is 17.5 Å². The minimum absolute atomic E-state index is 0.0269. The van der Waals surface area contributed by atoms with E-state index in [0.717, 1.165) is 18.8 Å². The Kier molecular flexibility index (Phi) is 6.22. The molecule has 0 bridgehead atoms. The molecule has 0 spiro atoms. The van der Waals surface area contributed by atoms with Gasteiger partial charge in [-0.3, -0.25) is 0 Å². The van der Waals surface area contributed by atoms with Crippen LogP contribution >= 0.6 is 12.2 Å². The lowest BCUT2D eigenvalue weighted by Gasteiger charge is -2.31. The molecule has 24 heavy (non-hydrogen) atoms. The van der Waals surface area contributed by atoms with Crippen molar-refractivity contribution in [3.05, 3.63) is 29.3 Å². The fourth-order valence-electron chi connectivity index (χ4n) is 2.83. The van der Waals surface area contributed by atoms with E-state index in [1.165, 1.54) is 16.0 Å².